The van der Waals surface area contributed by atoms with Gasteiger partial charge in [-0.05, 0) is 18.2 Å². The van der Waals surface area contributed by atoms with Gasteiger partial charge in [-0.2, -0.15) is 0 Å². The number of hydrogen-bond donors (Lipinski definition) is 3. The molecule has 1 aliphatic rings. The van der Waals surface area contributed by atoms with Gasteiger partial charge in [0.25, 0.3) is 0 Å². The van der Waals surface area contributed by atoms with E-state index in [1.807, 2.05) is 0 Å². The van der Waals surface area contributed by atoms with Crippen molar-refractivity contribution in [3.8, 4) is 0 Å². The maximum atomic E-state index is 12.2. The van der Waals surface area contributed by atoms with Crippen molar-refractivity contribution in [2.45, 2.75) is 6.10 Å². The van der Waals surface area contributed by atoms with Crippen molar-refractivity contribution in [1.82, 2.24) is 4.90 Å². The van der Waals surface area contributed by atoms with Gasteiger partial charge >= 0.3 is 6.03 Å². The first-order valence-corrected chi connectivity index (χ1v) is 8.68. The zero-order valence-corrected chi connectivity index (χ0v) is 13.3. The molecule has 0 aromatic heterocycles. The summed E-state index contributed by atoms with van der Waals surface area (Å²) in [7, 11) is -3.40. The zero-order chi connectivity index (χ0) is 17.0. The zero-order valence-electron chi connectivity index (χ0n) is 12.5. The van der Waals surface area contributed by atoms with Gasteiger partial charge in [-0.25, -0.2) is 13.2 Å². The summed E-state index contributed by atoms with van der Waals surface area (Å²) in [5.41, 5.74) is 5.93. The third kappa shape index (κ3) is 5.11. The first-order valence-electron chi connectivity index (χ1n) is 6.79. The molecule has 1 heterocycles. The van der Waals surface area contributed by atoms with Crippen LogP contribution in [-0.4, -0.2) is 57.3 Å². The highest BCUT2D eigenvalue weighted by atomic mass is 32.2. The lowest BCUT2D eigenvalue weighted by Gasteiger charge is -2.31. The van der Waals surface area contributed by atoms with Crippen LogP contribution in [0.15, 0.2) is 24.3 Å². The van der Waals surface area contributed by atoms with Crippen molar-refractivity contribution >= 4 is 33.3 Å². The second-order valence-corrected chi connectivity index (χ2v) is 6.84. The molecule has 1 aromatic rings. The maximum absolute atomic E-state index is 12.2. The minimum atomic E-state index is -3.40. The molecular weight excluding hydrogens is 324 g/mol. The van der Waals surface area contributed by atoms with Crippen molar-refractivity contribution in [2.75, 3.05) is 36.0 Å². The van der Waals surface area contributed by atoms with Crippen LogP contribution in [0.4, 0.5) is 16.2 Å². The summed E-state index contributed by atoms with van der Waals surface area (Å²) in [6.07, 6.45) is 0.211. The number of hydrogen-bond acceptors (Lipinski definition) is 5. The Balaban J connectivity index is 2.02. The third-order valence-corrected chi connectivity index (χ3v) is 3.69. The number of nitrogens with one attached hydrogen (secondary N) is 2. The largest absolute Gasteiger partial charge is 0.367 e. The number of ether oxygens (including phenoxy) is 1. The Bertz CT molecular complexity index is 706. The van der Waals surface area contributed by atoms with E-state index in [0.717, 1.165) is 6.26 Å². The van der Waals surface area contributed by atoms with Crippen molar-refractivity contribution in [2.24, 2.45) is 5.73 Å². The SMILES string of the molecule is CS(=O)(=O)Nc1cccc(NC(=O)N2CCOC(C(N)=O)C2)c1. The van der Waals surface area contributed by atoms with E-state index in [-0.39, 0.29) is 13.2 Å². The molecule has 10 heteroatoms. The summed E-state index contributed by atoms with van der Waals surface area (Å²) in [6.45, 7) is 0.621. The molecule has 4 N–H and O–H groups in total. The van der Waals surface area contributed by atoms with E-state index in [1.165, 1.54) is 11.0 Å². The number of nitrogens with zero attached hydrogens (tertiary/aromatic N) is 1. The van der Waals surface area contributed by atoms with Gasteiger partial charge in [0, 0.05) is 12.2 Å². The fraction of sp³-hybridized carbons (Fsp3) is 0.385. The molecule has 23 heavy (non-hydrogen) atoms. The van der Waals surface area contributed by atoms with E-state index in [1.54, 1.807) is 18.2 Å². The fourth-order valence-corrected chi connectivity index (χ4v) is 2.64. The predicted octanol–water partition coefficient (Wildman–Crippen LogP) is -0.224. The number of anilines is 2. The third-order valence-electron chi connectivity index (χ3n) is 3.09. The summed E-state index contributed by atoms with van der Waals surface area (Å²) < 4.78 is 29.9. The normalized spacial score (nSPS) is 18.3. The highest BCUT2D eigenvalue weighted by Crippen LogP contribution is 2.17. The van der Waals surface area contributed by atoms with Crippen molar-refractivity contribution in [1.29, 1.82) is 0 Å². The predicted molar refractivity (Wildman–Crippen MR) is 84.4 cm³/mol. The standard InChI is InChI=1S/C13H18N4O5S/c1-23(20,21)16-10-4-2-3-9(7-10)15-13(19)17-5-6-22-11(8-17)12(14)18/h2-4,7,11,16H,5-6,8H2,1H3,(H2,14,18)(H,15,19). The lowest BCUT2D eigenvalue weighted by Crippen LogP contribution is -2.51. The monoisotopic (exact) mass is 342 g/mol. The summed E-state index contributed by atoms with van der Waals surface area (Å²) in [5.74, 6) is -0.623. The molecule has 1 unspecified atom stereocenters. The summed E-state index contributed by atoms with van der Waals surface area (Å²) in [6, 6.07) is 5.86. The van der Waals surface area contributed by atoms with Crippen LogP contribution in [0.2, 0.25) is 0 Å². The van der Waals surface area contributed by atoms with E-state index >= 15 is 0 Å². The highest BCUT2D eigenvalue weighted by Gasteiger charge is 2.27. The van der Waals surface area contributed by atoms with Gasteiger partial charge in [-0.3, -0.25) is 9.52 Å². The number of urea groups is 1. The maximum Gasteiger partial charge on any atom is 0.322 e. The number of sulfonamides is 1. The molecule has 0 bridgehead atoms. The quantitative estimate of drug-likeness (QED) is 0.696. The molecule has 1 aliphatic heterocycles. The molecule has 1 saturated heterocycles. The van der Waals surface area contributed by atoms with Gasteiger partial charge in [0.05, 0.1) is 25.1 Å². The summed E-state index contributed by atoms with van der Waals surface area (Å²) in [5, 5.41) is 2.64. The van der Waals surface area contributed by atoms with Gasteiger partial charge in [0.1, 0.15) is 0 Å². The summed E-state index contributed by atoms with van der Waals surface area (Å²) in [4.78, 5) is 24.7. The number of carbonyl (C=O) groups is 2. The van der Waals surface area contributed by atoms with Crippen LogP contribution in [0.5, 0.6) is 0 Å². The Morgan fingerprint density at radius 3 is 2.70 bits per heavy atom. The van der Waals surface area contributed by atoms with Crippen LogP contribution in [0.3, 0.4) is 0 Å². The van der Waals surface area contributed by atoms with E-state index in [9.17, 15) is 18.0 Å². The lowest BCUT2D eigenvalue weighted by atomic mass is 10.2. The molecule has 0 aliphatic carbocycles. The van der Waals surface area contributed by atoms with Crippen molar-refractivity contribution in [3.05, 3.63) is 24.3 Å². The van der Waals surface area contributed by atoms with E-state index in [2.05, 4.69) is 10.0 Å². The smallest absolute Gasteiger partial charge is 0.322 e. The Morgan fingerprint density at radius 1 is 1.35 bits per heavy atom. The minimum Gasteiger partial charge on any atom is -0.367 e. The Labute approximate surface area is 133 Å². The minimum absolute atomic E-state index is 0.0719. The molecule has 2 rings (SSSR count). The van der Waals surface area contributed by atoms with Crippen LogP contribution < -0.4 is 15.8 Å². The van der Waals surface area contributed by atoms with Gasteiger partial charge in [0.15, 0.2) is 6.10 Å². The molecule has 1 fully saturated rings. The fourth-order valence-electron chi connectivity index (χ4n) is 2.08. The van der Waals surface area contributed by atoms with Crippen LogP contribution in [-0.2, 0) is 19.6 Å². The van der Waals surface area contributed by atoms with E-state index in [0.29, 0.717) is 17.9 Å². The van der Waals surface area contributed by atoms with Crippen LogP contribution >= 0.6 is 0 Å². The van der Waals surface area contributed by atoms with Crippen LogP contribution in [0, 0.1) is 0 Å². The number of amides is 3. The van der Waals surface area contributed by atoms with Gasteiger partial charge in [-0.15, -0.1) is 0 Å². The van der Waals surface area contributed by atoms with Crippen LogP contribution in [0.1, 0.15) is 0 Å². The van der Waals surface area contributed by atoms with Crippen molar-refractivity contribution in [3.63, 3.8) is 0 Å². The van der Waals surface area contributed by atoms with Crippen molar-refractivity contribution < 1.29 is 22.7 Å². The van der Waals surface area contributed by atoms with E-state index < -0.39 is 28.1 Å². The number of morpholine rings is 1. The first kappa shape index (κ1) is 17.0. The van der Waals surface area contributed by atoms with Crippen LogP contribution in [0.25, 0.3) is 0 Å². The van der Waals surface area contributed by atoms with E-state index in [4.69, 9.17) is 10.5 Å². The second kappa shape index (κ2) is 6.84. The molecule has 0 radical (unpaired) electrons. The highest BCUT2D eigenvalue weighted by molar-refractivity contribution is 7.92. The Kier molecular flexibility index (Phi) is 5.06. The number of carbonyl (C=O) groups excluding carboxylic acids is 2. The average molecular weight is 342 g/mol. The Hall–Kier alpha value is -2.33. The molecule has 9 nitrogen and oxygen atoms in total. The molecule has 1 aromatic carbocycles. The van der Waals surface area contributed by atoms with Gasteiger partial charge in [0.2, 0.25) is 15.9 Å². The topological polar surface area (TPSA) is 131 Å². The first-order chi connectivity index (χ1) is 10.7. The molecule has 0 saturated carbocycles. The number of nitrogens with two attached hydrogens (primary N) is 1. The van der Waals surface area contributed by atoms with Gasteiger partial charge in [-0.1, -0.05) is 6.07 Å². The molecular formula is C13H18N4O5S. The number of benzene rings is 1. The van der Waals surface area contributed by atoms with Gasteiger partial charge < -0.3 is 20.7 Å². The summed E-state index contributed by atoms with van der Waals surface area (Å²) >= 11 is 0. The number of primary amides is 1. The number of rotatable bonds is 4. The Morgan fingerprint density at radius 2 is 2.04 bits per heavy atom. The second-order valence-electron chi connectivity index (χ2n) is 5.09. The molecule has 1 atom stereocenters. The average Bonchev–Trinajstić information content (AvgIpc) is 2.46. The molecule has 126 valence electrons. The molecule has 3 amide bonds. The lowest BCUT2D eigenvalue weighted by molar-refractivity contribution is -0.133. The molecule has 0 spiro atoms.